The number of nitrogens with zero attached hydrogens (tertiary/aromatic N) is 1. The number of aryl methyl sites for hydroxylation is 1. The van der Waals surface area contributed by atoms with Gasteiger partial charge >= 0.3 is 6.18 Å². The molecule has 0 heterocycles. The molecule has 2 aromatic carbocycles. The number of non-ortho nitro benzene ring substituents is 1. The highest BCUT2D eigenvalue weighted by molar-refractivity contribution is 5.95. The first-order valence-electron chi connectivity index (χ1n) is 8.74. The smallest absolute Gasteiger partial charge is 0.420 e. The van der Waals surface area contributed by atoms with Gasteiger partial charge in [0.15, 0.2) is 6.61 Å². The van der Waals surface area contributed by atoms with Crippen LogP contribution >= 0.6 is 0 Å². The fraction of sp³-hybridized carbons (Fsp3) is 0.263. The molecule has 0 spiro atoms. The van der Waals surface area contributed by atoms with E-state index >= 15 is 0 Å². The second-order valence-corrected chi connectivity index (χ2v) is 6.06. The number of rotatable bonds is 8. The third-order valence-corrected chi connectivity index (χ3v) is 3.96. The highest BCUT2D eigenvalue weighted by Crippen LogP contribution is 2.38. The lowest BCUT2D eigenvalue weighted by atomic mass is 10.1. The van der Waals surface area contributed by atoms with Crippen molar-refractivity contribution in [1.82, 2.24) is 5.32 Å². The fourth-order valence-corrected chi connectivity index (χ4v) is 2.50. The van der Waals surface area contributed by atoms with Gasteiger partial charge in [-0.25, -0.2) is 0 Å². The summed E-state index contributed by atoms with van der Waals surface area (Å²) in [6.07, 6.45) is -4.22. The van der Waals surface area contributed by atoms with E-state index in [1.165, 1.54) is 0 Å². The molecule has 2 N–H and O–H groups in total. The highest BCUT2D eigenvalue weighted by Gasteiger charge is 2.36. The van der Waals surface area contributed by atoms with Crippen molar-refractivity contribution < 1.29 is 32.4 Å². The van der Waals surface area contributed by atoms with Crippen molar-refractivity contribution in [1.29, 1.82) is 0 Å². The Morgan fingerprint density at radius 1 is 1.13 bits per heavy atom. The van der Waals surface area contributed by atoms with Crippen LogP contribution in [-0.2, 0) is 22.2 Å². The second kappa shape index (κ2) is 9.72. The molecule has 11 heteroatoms. The standard InChI is InChI=1S/C19H18F3N3O5/c1-2-12-5-3-4-6-15(12)24-17(26)10-23-18(27)11-30-16-8-7-13(25(28)29)9-14(16)19(20,21)22/h3-9H,2,10-11H2,1H3,(H,23,27)(H,24,26). The van der Waals surface area contributed by atoms with Crippen molar-refractivity contribution in [3.05, 3.63) is 63.7 Å². The van der Waals surface area contributed by atoms with Crippen molar-refractivity contribution >= 4 is 23.2 Å². The average molecular weight is 425 g/mol. The summed E-state index contributed by atoms with van der Waals surface area (Å²) in [4.78, 5) is 33.5. The van der Waals surface area contributed by atoms with E-state index in [1.54, 1.807) is 12.1 Å². The van der Waals surface area contributed by atoms with Crippen LogP contribution in [0.15, 0.2) is 42.5 Å². The SMILES string of the molecule is CCc1ccccc1NC(=O)CNC(=O)COc1ccc([N+](=O)[O-])cc1C(F)(F)F. The first-order valence-corrected chi connectivity index (χ1v) is 8.74. The molecule has 0 saturated carbocycles. The number of anilines is 1. The molecule has 0 unspecified atom stereocenters. The number of halogens is 3. The van der Waals surface area contributed by atoms with Gasteiger partial charge in [0.25, 0.3) is 11.6 Å². The molecule has 0 radical (unpaired) electrons. The molecule has 160 valence electrons. The maximum absolute atomic E-state index is 13.1. The van der Waals surface area contributed by atoms with Crippen molar-refractivity contribution in [2.45, 2.75) is 19.5 Å². The molecule has 0 fully saturated rings. The van der Waals surface area contributed by atoms with Crippen molar-refractivity contribution in [3.8, 4) is 5.75 Å². The number of nitro benzene ring substituents is 1. The summed E-state index contributed by atoms with van der Waals surface area (Å²) in [7, 11) is 0. The first-order chi connectivity index (χ1) is 14.1. The van der Waals surface area contributed by atoms with E-state index in [-0.39, 0.29) is 0 Å². The third kappa shape index (κ3) is 6.19. The monoisotopic (exact) mass is 425 g/mol. The van der Waals surface area contributed by atoms with Gasteiger partial charge in [0.05, 0.1) is 11.5 Å². The van der Waals surface area contributed by atoms with E-state index < -0.39 is 53.1 Å². The van der Waals surface area contributed by atoms with E-state index in [9.17, 15) is 32.9 Å². The van der Waals surface area contributed by atoms with Gasteiger partial charge in [-0.2, -0.15) is 13.2 Å². The fourth-order valence-electron chi connectivity index (χ4n) is 2.50. The first kappa shape index (κ1) is 22.7. The maximum atomic E-state index is 13.1. The third-order valence-electron chi connectivity index (χ3n) is 3.96. The summed E-state index contributed by atoms with van der Waals surface area (Å²) in [5.74, 6) is -2.08. The molecule has 0 aliphatic carbocycles. The van der Waals surface area contributed by atoms with Crippen molar-refractivity contribution in [2.75, 3.05) is 18.5 Å². The Labute approximate surface area is 169 Å². The van der Waals surface area contributed by atoms with E-state index in [4.69, 9.17) is 4.74 Å². The van der Waals surface area contributed by atoms with Gasteiger partial charge in [-0.15, -0.1) is 0 Å². The Hall–Kier alpha value is -3.63. The van der Waals surface area contributed by atoms with Crippen molar-refractivity contribution in [3.63, 3.8) is 0 Å². The van der Waals surface area contributed by atoms with Gasteiger partial charge in [0, 0.05) is 17.8 Å². The van der Waals surface area contributed by atoms with Crippen LogP contribution in [-0.4, -0.2) is 29.9 Å². The number of carbonyl (C=O) groups excluding carboxylic acids is 2. The molecule has 0 atom stereocenters. The zero-order chi connectivity index (χ0) is 22.3. The number of carbonyl (C=O) groups is 2. The van der Waals surface area contributed by atoms with E-state index in [1.807, 2.05) is 19.1 Å². The molecule has 0 aromatic heterocycles. The molecule has 0 saturated heterocycles. The molecular formula is C19H18F3N3O5. The van der Waals surface area contributed by atoms with Gasteiger partial charge in [0.1, 0.15) is 11.3 Å². The summed E-state index contributed by atoms with van der Waals surface area (Å²) in [5.41, 5.74) is -0.642. The highest BCUT2D eigenvalue weighted by atomic mass is 19.4. The van der Waals surface area contributed by atoms with Crippen LogP contribution in [0.1, 0.15) is 18.1 Å². The maximum Gasteiger partial charge on any atom is 0.420 e. The van der Waals surface area contributed by atoms with Crippen LogP contribution in [0.5, 0.6) is 5.75 Å². The Kier molecular flexibility index (Phi) is 7.34. The molecule has 0 bridgehead atoms. The lowest BCUT2D eigenvalue weighted by Crippen LogP contribution is -2.36. The van der Waals surface area contributed by atoms with Gasteiger partial charge < -0.3 is 15.4 Å². The van der Waals surface area contributed by atoms with Crippen LogP contribution < -0.4 is 15.4 Å². The van der Waals surface area contributed by atoms with Crippen LogP contribution in [0.25, 0.3) is 0 Å². The summed E-state index contributed by atoms with van der Waals surface area (Å²) >= 11 is 0. The molecular weight excluding hydrogens is 407 g/mol. The summed E-state index contributed by atoms with van der Waals surface area (Å²) < 4.78 is 44.1. The Morgan fingerprint density at radius 2 is 1.83 bits per heavy atom. The molecule has 0 aliphatic heterocycles. The Bertz CT molecular complexity index is 947. The number of hydrogen-bond acceptors (Lipinski definition) is 5. The molecule has 2 aromatic rings. The average Bonchev–Trinajstić information content (AvgIpc) is 2.70. The Balaban J connectivity index is 1.93. The van der Waals surface area contributed by atoms with E-state index in [2.05, 4.69) is 10.6 Å². The van der Waals surface area contributed by atoms with Gasteiger partial charge in [0.2, 0.25) is 5.91 Å². The van der Waals surface area contributed by atoms with E-state index in [0.717, 1.165) is 17.7 Å². The van der Waals surface area contributed by atoms with Gasteiger partial charge in [-0.1, -0.05) is 25.1 Å². The molecule has 30 heavy (non-hydrogen) atoms. The number of nitrogens with one attached hydrogen (secondary N) is 2. The lowest BCUT2D eigenvalue weighted by molar-refractivity contribution is -0.385. The molecule has 2 rings (SSSR count). The van der Waals surface area contributed by atoms with Gasteiger partial charge in [-0.05, 0) is 24.1 Å². The minimum absolute atomic E-state index is 0.325. The molecule has 0 aliphatic rings. The van der Waals surface area contributed by atoms with Crippen molar-refractivity contribution in [2.24, 2.45) is 0 Å². The largest absolute Gasteiger partial charge is 0.483 e. The number of alkyl halides is 3. The summed E-state index contributed by atoms with van der Waals surface area (Å²) in [6, 6.07) is 9.03. The topological polar surface area (TPSA) is 111 Å². The minimum atomic E-state index is -4.91. The summed E-state index contributed by atoms with van der Waals surface area (Å²) in [6.45, 7) is 0.698. The van der Waals surface area contributed by atoms with Crippen LogP contribution in [0.3, 0.4) is 0 Å². The quantitative estimate of drug-likeness (QED) is 0.498. The number of benzene rings is 2. The second-order valence-electron chi connectivity index (χ2n) is 6.06. The van der Waals surface area contributed by atoms with Crippen LogP contribution in [0.4, 0.5) is 24.5 Å². The number of ether oxygens (including phenoxy) is 1. The summed E-state index contributed by atoms with van der Waals surface area (Å²) in [5, 5.41) is 15.5. The molecule has 8 nitrogen and oxygen atoms in total. The zero-order valence-electron chi connectivity index (χ0n) is 15.8. The minimum Gasteiger partial charge on any atom is -0.483 e. The van der Waals surface area contributed by atoms with Crippen LogP contribution in [0, 0.1) is 10.1 Å². The number of para-hydroxylation sites is 1. The lowest BCUT2D eigenvalue weighted by Gasteiger charge is -2.14. The van der Waals surface area contributed by atoms with E-state index in [0.29, 0.717) is 18.2 Å². The van der Waals surface area contributed by atoms with Crippen LogP contribution in [0.2, 0.25) is 0 Å². The number of hydrogen-bond donors (Lipinski definition) is 2. The number of nitro groups is 1. The predicted octanol–water partition coefficient (Wildman–Crippen LogP) is 3.31. The predicted molar refractivity (Wildman–Crippen MR) is 101 cm³/mol. The normalized spacial score (nSPS) is 10.9. The number of amides is 2. The molecule has 2 amide bonds. The van der Waals surface area contributed by atoms with Gasteiger partial charge in [-0.3, -0.25) is 19.7 Å². The zero-order valence-corrected chi connectivity index (χ0v) is 15.8. The Morgan fingerprint density at radius 3 is 2.47 bits per heavy atom.